The number of rotatable bonds is 2. The Morgan fingerprint density at radius 3 is 3.00 bits per heavy atom. The van der Waals surface area contributed by atoms with Gasteiger partial charge in [-0.3, -0.25) is 0 Å². The highest BCUT2D eigenvalue weighted by Gasteiger charge is 2.09. The molecule has 1 aromatic rings. The summed E-state index contributed by atoms with van der Waals surface area (Å²) in [5, 5.41) is 8.42. The van der Waals surface area contributed by atoms with Crippen molar-refractivity contribution >= 4 is 0 Å². The van der Waals surface area contributed by atoms with Crippen LogP contribution in [-0.4, -0.2) is 4.98 Å². The van der Waals surface area contributed by atoms with E-state index in [1.54, 1.807) is 6.92 Å². The van der Waals surface area contributed by atoms with Gasteiger partial charge in [-0.25, -0.2) is 4.98 Å². The third kappa shape index (κ3) is 2.23. The maximum Gasteiger partial charge on any atom is 0.213 e. The van der Waals surface area contributed by atoms with E-state index >= 15 is 0 Å². The molecule has 1 aromatic heterocycles. The Kier molecular flexibility index (Phi) is 2.93. The summed E-state index contributed by atoms with van der Waals surface area (Å²) < 4.78 is 12.6. The molecule has 1 atom stereocenters. The molecule has 1 heterocycles. The Labute approximate surface area is 76.0 Å². The van der Waals surface area contributed by atoms with Gasteiger partial charge in [-0.15, -0.1) is 0 Å². The molecule has 0 radical (unpaired) electrons. The van der Waals surface area contributed by atoms with E-state index in [9.17, 15) is 4.39 Å². The van der Waals surface area contributed by atoms with Crippen LogP contribution in [0.2, 0.25) is 0 Å². The summed E-state index contributed by atoms with van der Waals surface area (Å²) in [7, 11) is 0. The summed E-state index contributed by atoms with van der Waals surface area (Å²) in [6.07, 6.45) is 1.60. The Morgan fingerprint density at radius 1 is 1.77 bits per heavy atom. The Morgan fingerprint density at radius 2 is 2.46 bits per heavy atom. The van der Waals surface area contributed by atoms with Crippen molar-refractivity contribution < 1.29 is 4.39 Å². The van der Waals surface area contributed by atoms with Crippen LogP contribution in [0.1, 0.15) is 23.6 Å². The van der Waals surface area contributed by atoms with Gasteiger partial charge in [-0.2, -0.15) is 9.65 Å². The molecule has 0 saturated carbocycles. The molecule has 0 saturated heterocycles. The van der Waals surface area contributed by atoms with Crippen LogP contribution >= 0.6 is 0 Å². The molecule has 0 spiro atoms. The van der Waals surface area contributed by atoms with Crippen molar-refractivity contribution in [2.45, 2.75) is 19.4 Å². The van der Waals surface area contributed by atoms with Crippen LogP contribution in [0, 0.1) is 24.2 Å². The van der Waals surface area contributed by atoms with Gasteiger partial charge in [0.15, 0.2) is 0 Å². The smallest absolute Gasteiger partial charge is 0.213 e. The van der Waals surface area contributed by atoms with Crippen LogP contribution in [0.25, 0.3) is 0 Å². The minimum atomic E-state index is -0.523. The standard InChI is InChI=1S/C9H10FN3/c1-6-4-9(10)13-5-7(6)8(12)2-3-11/h4-5,8H,2,12H2,1H3/t8-/m1/s1. The minimum absolute atomic E-state index is 0.216. The average Bonchev–Trinajstić information content (AvgIpc) is 2.04. The maximum absolute atomic E-state index is 12.6. The van der Waals surface area contributed by atoms with Crippen LogP contribution in [0.4, 0.5) is 4.39 Å². The van der Waals surface area contributed by atoms with Crippen molar-refractivity contribution in [2.75, 3.05) is 0 Å². The quantitative estimate of drug-likeness (QED) is 0.699. The number of hydrogen-bond acceptors (Lipinski definition) is 3. The molecular formula is C9H10FN3. The van der Waals surface area contributed by atoms with Crippen molar-refractivity contribution in [1.29, 1.82) is 5.26 Å². The zero-order valence-electron chi connectivity index (χ0n) is 7.29. The van der Waals surface area contributed by atoms with Gasteiger partial charge in [0, 0.05) is 12.2 Å². The van der Waals surface area contributed by atoms with Crippen molar-refractivity contribution in [1.82, 2.24) is 4.98 Å². The molecule has 0 aliphatic carbocycles. The minimum Gasteiger partial charge on any atom is -0.323 e. The molecule has 0 fully saturated rings. The van der Waals surface area contributed by atoms with Crippen molar-refractivity contribution in [2.24, 2.45) is 5.73 Å². The van der Waals surface area contributed by atoms with Gasteiger partial charge >= 0.3 is 0 Å². The van der Waals surface area contributed by atoms with Crippen LogP contribution in [0.15, 0.2) is 12.3 Å². The van der Waals surface area contributed by atoms with Gasteiger partial charge in [-0.05, 0) is 24.1 Å². The predicted octanol–water partition coefficient (Wildman–Crippen LogP) is 1.44. The number of aryl methyl sites for hydroxylation is 1. The van der Waals surface area contributed by atoms with Gasteiger partial charge in [-0.1, -0.05) is 0 Å². The van der Waals surface area contributed by atoms with E-state index in [4.69, 9.17) is 11.0 Å². The summed E-state index contributed by atoms with van der Waals surface area (Å²) in [5.74, 6) is -0.523. The number of halogens is 1. The lowest BCUT2D eigenvalue weighted by Crippen LogP contribution is -2.11. The second-order valence-corrected chi connectivity index (χ2v) is 2.83. The molecule has 4 heteroatoms. The van der Waals surface area contributed by atoms with Crippen LogP contribution in [0.5, 0.6) is 0 Å². The van der Waals surface area contributed by atoms with Crippen molar-refractivity contribution in [3.8, 4) is 6.07 Å². The number of nitrogens with zero attached hydrogens (tertiary/aromatic N) is 2. The largest absolute Gasteiger partial charge is 0.323 e. The van der Waals surface area contributed by atoms with Gasteiger partial charge in [0.2, 0.25) is 5.95 Å². The molecule has 13 heavy (non-hydrogen) atoms. The van der Waals surface area contributed by atoms with Crippen molar-refractivity contribution in [3.63, 3.8) is 0 Å². The lowest BCUT2D eigenvalue weighted by atomic mass is 10.0. The molecule has 0 aliphatic rings. The second kappa shape index (κ2) is 3.97. The van der Waals surface area contributed by atoms with E-state index in [-0.39, 0.29) is 12.5 Å². The van der Waals surface area contributed by atoms with E-state index in [0.29, 0.717) is 0 Å². The first-order valence-corrected chi connectivity index (χ1v) is 3.89. The van der Waals surface area contributed by atoms with Gasteiger partial charge in [0.05, 0.1) is 12.5 Å². The average molecular weight is 179 g/mol. The summed E-state index contributed by atoms with van der Waals surface area (Å²) >= 11 is 0. The fourth-order valence-corrected chi connectivity index (χ4v) is 1.13. The lowest BCUT2D eigenvalue weighted by molar-refractivity contribution is 0.577. The second-order valence-electron chi connectivity index (χ2n) is 2.83. The molecule has 68 valence electrons. The fraction of sp³-hybridized carbons (Fsp3) is 0.333. The Bertz CT molecular complexity index is 343. The summed E-state index contributed by atoms with van der Waals surface area (Å²) in [5.41, 5.74) is 7.13. The van der Waals surface area contributed by atoms with Gasteiger partial charge < -0.3 is 5.73 Å². The highest BCUT2D eigenvalue weighted by atomic mass is 19.1. The summed E-state index contributed by atoms with van der Waals surface area (Å²) in [6, 6.07) is 2.90. The van der Waals surface area contributed by atoms with Crippen LogP contribution in [-0.2, 0) is 0 Å². The Hall–Kier alpha value is -1.47. The number of nitriles is 1. The van der Waals surface area contributed by atoms with E-state index in [1.807, 2.05) is 6.07 Å². The van der Waals surface area contributed by atoms with Gasteiger partial charge in [0.25, 0.3) is 0 Å². The first-order valence-electron chi connectivity index (χ1n) is 3.89. The molecule has 0 aliphatic heterocycles. The first kappa shape index (κ1) is 9.62. The van der Waals surface area contributed by atoms with E-state index in [1.165, 1.54) is 12.3 Å². The topological polar surface area (TPSA) is 62.7 Å². The fourth-order valence-electron chi connectivity index (χ4n) is 1.13. The summed E-state index contributed by atoms with van der Waals surface area (Å²) in [4.78, 5) is 3.49. The van der Waals surface area contributed by atoms with Crippen molar-refractivity contribution in [3.05, 3.63) is 29.3 Å². The number of aromatic nitrogens is 1. The zero-order valence-corrected chi connectivity index (χ0v) is 7.29. The molecular weight excluding hydrogens is 169 g/mol. The highest BCUT2D eigenvalue weighted by molar-refractivity contribution is 5.25. The zero-order chi connectivity index (χ0) is 9.84. The third-order valence-electron chi connectivity index (χ3n) is 1.83. The normalized spacial score (nSPS) is 12.2. The third-order valence-corrected chi connectivity index (χ3v) is 1.83. The predicted molar refractivity (Wildman–Crippen MR) is 46.1 cm³/mol. The molecule has 1 rings (SSSR count). The molecule has 3 nitrogen and oxygen atoms in total. The molecule has 0 bridgehead atoms. The van der Waals surface area contributed by atoms with Gasteiger partial charge in [0.1, 0.15) is 0 Å². The molecule has 0 aromatic carbocycles. The molecule has 2 N–H and O–H groups in total. The van der Waals surface area contributed by atoms with E-state index < -0.39 is 5.95 Å². The van der Waals surface area contributed by atoms with Crippen LogP contribution < -0.4 is 5.73 Å². The molecule has 0 unspecified atom stereocenters. The molecule has 0 amide bonds. The maximum atomic E-state index is 12.6. The first-order chi connectivity index (χ1) is 6.15. The lowest BCUT2D eigenvalue weighted by Gasteiger charge is -2.09. The number of pyridine rings is 1. The Balaban J connectivity index is 2.96. The number of nitrogens with two attached hydrogens (primary N) is 1. The summed E-state index contributed by atoms with van der Waals surface area (Å²) in [6.45, 7) is 1.75. The SMILES string of the molecule is Cc1cc(F)ncc1[C@H](N)CC#N. The van der Waals surface area contributed by atoms with E-state index in [0.717, 1.165) is 11.1 Å². The van der Waals surface area contributed by atoms with Crippen LogP contribution in [0.3, 0.4) is 0 Å². The highest BCUT2D eigenvalue weighted by Crippen LogP contribution is 2.17. The monoisotopic (exact) mass is 179 g/mol. The number of hydrogen-bond donors (Lipinski definition) is 1. The van der Waals surface area contributed by atoms with E-state index in [2.05, 4.69) is 4.98 Å².